The smallest absolute Gasteiger partial charge is 0.269 e. The van der Waals surface area contributed by atoms with Gasteiger partial charge in [-0.05, 0) is 43.7 Å². The van der Waals surface area contributed by atoms with Gasteiger partial charge in [0.25, 0.3) is 11.6 Å². The van der Waals surface area contributed by atoms with Gasteiger partial charge in [0, 0.05) is 12.1 Å². The van der Waals surface area contributed by atoms with Gasteiger partial charge in [0.1, 0.15) is 12.4 Å². The highest BCUT2D eigenvalue weighted by Crippen LogP contribution is 2.15. The monoisotopic (exact) mass is 351 g/mol. The van der Waals surface area contributed by atoms with Crippen molar-refractivity contribution in [2.24, 2.45) is 5.10 Å². The molecule has 0 saturated carbocycles. The minimum absolute atomic E-state index is 0.00745. The summed E-state index contributed by atoms with van der Waals surface area (Å²) in [7, 11) is 0. The van der Waals surface area contributed by atoms with E-state index in [4.69, 9.17) is 0 Å². The fraction of sp³-hybridized carbons (Fsp3) is 0.167. The molecule has 1 heterocycles. The number of hydrazone groups is 1. The lowest BCUT2D eigenvalue weighted by Crippen LogP contribution is -2.24. The zero-order valence-corrected chi connectivity index (χ0v) is 14.3. The number of benzene rings is 2. The van der Waals surface area contributed by atoms with Gasteiger partial charge >= 0.3 is 0 Å². The van der Waals surface area contributed by atoms with Gasteiger partial charge in [0.2, 0.25) is 0 Å². The number of hydrogen-bond donors (Lipinski definition) is 1. The first-order valence-electron chi connectivity index (χ1n) is 7.95. The van der Waals surface area contributed by atoms with E-state index in [1.54, 1.807) is 19.1 Å². The number of carbonyl (C=O) groups is 1. The van der Waals surface area contributed by atoms with Crippen molar-refractivity contribution in [2.45, 2.75) is 20.4 Å². The van der Waals surface area contributed by atoms with Crippen LogP contribution in [-0.2, 0) is 11.3 Å². The fourth-order valence-electron chi connectivity index (χ4n) is 2.61. The second-order valence-corrected chi connectivity index (χ2v) is 5.77. The highest BCUT2D eigenvalue weighted by atomic mass is 16.6. The van der Waals surface area contributed by atoms with Gasteiger partial charge in [0.05, 0.1) is 21.7 Å². The van der Waals surface area contributed by atoms with E-state index in [-0.39, 0.29) is 18.1 Å². The Kier molecular flexibility index (Phi) is 4.74. The number of nitro groups is 1. The Labute approximate surface area is 149 Å². The van der Waals surface area contributed by atoms with Crippen molar-refractivity contribution in [3.63, 3.8) is 0 Å². The standard InChI is InChI=1S/C18H17N5O3/c1-12(14-7-9-15(10-8-14)23(25)26)20-21-18(24)11-22-13(2)19-16-5-3-4-6-17(16)22/h3-10H,11H2,1-2H3,(H,21,24)/b20-12-. The summed E-state index contributed by atoms with van der Waals surface area (Å²) >= 11 is 0. The van der Waals surface area contributed by atoms with Crippen molar-refractivity contribution in [1.82, 2.24) is 15.0 Å². The van der Waals surface area contributed by atoms with Crippen LogP contribution in [0.2, 0.25) is 0 Å². The van der Waals surface area contributed by atoms with E-state index in [1.807, 2.05) is 35.8 Å². The molecule has 0 aliphatic carbocycles. The van der Waals surface area contributed by atoms with E-state index in [2.05, 4.69) is 15.5 Å². The highest BCUT2D eigenvalue weighted by Gasteiger charge is 2.11. The summed E-state index contributed by atoms with van der Waals surface area (Å²) < 4.78 is 1.82. The number of aryl methyl sites for hydroxylation is 1. The second-order valence-electron chi connectivity index (χ2n) is 5.77. The molecule has 0 atom stereocenters. The molecule has 3 rings (SSSR count). The summed E-state index contributed by atoms with van der Waals surface area (Å²) in [5.41, 5.74) is 5.49. The van der Waals surface area contributed by atoms with Crippen LogP contribution < -0.4 is 5.43 Å². The molecule has 0 fully saturated rings. The maximum atomic E-state index is 12.2. The molecule has 0 saturated heterocycles. The number of aromatic nitrogens is 2. The van der Waals surface area contributed by atoms with Crippen LogP contribution in [0.25, 0.3) is 11.0 Å². The van der Waals surface area contributed by atoms with Crippen LogP contribution in [-0.4, -0.2) is 26.1 Å². The number of nitrogens with one attached hydrogen (secondary N) is 1. The fourth-order valence-corrected chi connectivity index (χ4v) is 2.61. The molecule has 0 spiro atoms. The summed E-state index contributed by atoms with van der Waals surface area (Å²) in [5.74, 6) is 0.468. The van der Waals surface area contributed by atoms with Gasteiger partial charge in [-0.1, -0.05) is 12.1 Å². The lowest BCUT2D eigenvalue weighted by molar-refractivity contribution is -0.384. The molecular weight excluding hydrogens is 334 g/mol. The van der Waals surface area contributed by atoms with Crippen molar-refractivity contribution in [3.8, 4) is 0 Å². The van der Waals surface area contributed by atoms with Crippen LogP contribution in [0.3, 0.4) is 0 Å². The van der Waals surface area contributed by atoms with Gasteiger partial charge in [-0.3, -0.25) is 14.9 Å². The predicted molar refractivity (Wildman–Crippen MR) is 97.9 cm³/mol. The number of non-ortho nitro benzene ring substituents is 1. The summed E-state index contributed by atoms with van der Waals surface area (Å²) in [6, 6.07) is 13.6. The number of carbonyl (C=O) groups excluding carboxylic acids is 1. The number of para-hydroxylation sites is 2. The normalized spacial score (nSPS) is 11.5. The zero-order chi connectivity index (χ0) is 18.7. The van der Waals surface area contributed by atoms with Crippen LogP contribution in [0.4, 0.5) is 5.69 Å². The lowest BCUT2D eigenvalue weighted by atomic mass is 10.1. The SMILES string of the molecule is C/C(=N/NC(=O)Cn1c(C)nc2ccccc21)c1ccc([N+](=O)[O-])cc1. The molecular formula is C18H17N5O3. The maximum Gasteiger partial charge on any atom is 0.269 e. The molecule has 0 bridgehead atoms. The van der Waals surface area contributed by atoms with E-state index in [0.717, 1.165) is 16.9 Å². The van der Waals surface area contributed by atoms with Crippen molar-refractivity contribution >= 4 is 28.3 Å². The highest BCUT2D eigenvalue weighted by molar-refractivity contribution is 5.99. The Morgan fingerprint density at radius 1 is 1.23 bits per heavy atom. The number of nitro benzene ring substituents is 1. The third-order valence-electron chi connectivity index (χ3n) is 3.99. The third-order valence-corrected chi connectivity index (χ3v) is 3.99. The van der Waals surface area contributed by atoms with E-state index >= 15 is 0 Å². The van der Waals surface area contributed by atoms with Gasteiger partial charge in [-0.15, -0.1) is 0 Å². The van der Waals surface area contributed by atoms with E-state index in [0.29, 0.717) is 11.3 Å². The largest absolute Gasteiger partial charge is 0.319 e. The lowest BCUT2D eigenvalue weighted by Gasteiger charge is -2.06. The van der Waals surface area contributed by atoms with E-state index in [9.17, 15) is 14.9 Å². The van der Waals surface area contributed by atoms with Crippen LogP contribution in [0.5, 0.6) is 0 Å². The maximum absolute atomic E-state index is 12.2. The molecule has 3 aromatic rings. The summed E-state index contributed by atoms with van der Waals surface area (Å²) in [6.45, 7) is 3.67. The summed E-state index contributed by atoms with van der Waals surface area (Å²) in [6.07, 6.45) is 0. The Balaban J connectivity index is 1.70. The van der Waals surface area contributed by atoms with Crippen LogP contribution in [0.15, 0.2) is 53.6 Å². The number of nitrogens with zero attached hydrogens (tertiary/aromatic N) is 4. The van der Waals surface area contributed by atoms with Crippen LogP contribution >= 0.6 is 0 Å². The Morgan fingerprint density at radius 2 is 1.92 bits per heavy atom. The van der Waals surface area contributed by atoms with Gasteiger partial charge in [-0.25, -0.2) is 10.4 Å². The topological polar surface area (TPSA) is 102 Å². The number of rotatable bonds is 5. The molecule has 1 aromatic heterocycles. The third kappa shape index (κ3) is 3.59. The minimum atomic E-state index is -0.462. The molecule has 8 heteroatoms. The molecule has 0 aliphatic heterocycles. The molecule has 26 heavy (non-hydrogen) atoms. The first kappa shape index (κ1) is 17.3. The molecule has 8 nitrogen and oxygen atoms in total. The minimum Gasteiger partial charge on any atom is -0.319 e. The van der Waals surface area contributed by atoms with Gasteiger partial charge in [-0.2, -0.15) is 5.10 Å². The molecule has 0 aliphatic rings. The molecule has 0 unspecified atom stereocenters. The van der Waals surface area contributed by atoms with Crippen LogP contribution in [0.1, 0.15) is 18.3 Å². The van der Waals surface area contributed by atoms with Crippen molar-refractivity contribution in [2.75, 3.05) is 0 Å². The van der Waals surface area contributed by atoms with E-state index in [1.165, 1.54) is 12.1 Å². The Morgan fingerprint density at radius 3 is 2.62 bits per heavy atom. The van der Waals surface area contributed by atoms with Crippen molar-refractivity contribution < 1.29 is 9.72 Å². The number of hydrogen-bond acceptors (Lipinski definition) is 5. The van der Waals surface area contributed by atoms with Crippen molar-refractivity contribution in [1.29, 1.82) is 0 Å². The van der Waals surface area contributed by atoms with Crippen molar-refractivity contribution in [3.05, 3.63) is 70.0 Å². The first-order valence-corrected chi connectivity index (χ1v) is 7.95. The number of amides is 1. The summed E-state index contributed by atoms with van der Waals surface area (Å²) in [5, 5.41) is 14.8. The number of fused-ring (bicyclic) bond motifs is 1. The Hall–Kier alpha value is -3.55. The number of imidazole rings is 1. The second kappa shape index (κ2) is 7.14. The average molecular weight is 351 g/mol. The zero-order valence-electron chi connectivity index (χ0n) is 14.3. The molecule has 1 N–H and O–H groups in total. The van der Waals surface area contributed by atoms with Gasteiger partial charge in [0.15, 0.2) is 0 Å². The summed E-state index contributed by atoms with van der Waals surface area (Å²) in [4.78, 5) is 26.9. The average Bonchev–Trinajstić information content (AvgIpc) is 2.95. The molecule has 1 amide bonds. The molecule has 132 valence electrons. The Bertz CT molecular complexity index is 1010. The van der Waals surface area contributed by atoms with Crippen LogP contribution in [0, 0.1) is 17.0 Å². The molecule has 0 radical (unpaired) electrons. The molecule has 2 aromatic carbocycles. The quantitative estimate of drug-likeness (QED) is 0.434. The van der Waals surface area contributed by atoms with E-state index < -0.39 is 4.92 Å². The predicted octanol–water partition coefficient (Wildman–Crippen LogP) is 2.79. The first-order chi connectivity index (χ1) is 12.5. The van der Waals surface area contributed by atoms with Gasteiger partial charge < -0.3 is 4.57 Å².